The van der Waals surface area contributed by atoms with Crippen LogP contribution in [0.4, 0.5) is 11.4 Å². The molecule has 7 heteroatoms. The second-order valence-corrected chi connectivity index (χ2v) is 5.51. The molecule has 2 rings (SSSR count). The molecule has 26 heavy (non-hydrogen) atoms. The third kappa shape index (κ3) is 5.58. The molecular formula is C19H22N2O5. The molecule has 0 fully saturated rings. The molecule has 0 aliphatic carbocycles. The van der Waals surface area contributed by atoms with Gasteiger partial charge in [-0.2, -0.15) is 0 Å². The maximum absolute atomic E-state index is 11.8. The number of nitrogens with one attached hydrogen (secondary N) is 1. The molecule has 0 heterocycles. The number of amides is 1. The van der Waals surface area contributed by atoms with Crippen LogP contribution in [-0.4, -0.2) is 43.2 Å². The Morgan fingerprint density at radius 2 is 1.81 bits per heavy atom. The number of nitrogens with two attached hydrogens (primary N) is 1. The molecule has 4 N–H and O–H groups in total. The SMILES string of the molecule is CC(=O)c1ccc(C(N)=O)cc1Nc1ccc(OCCOCCO)cc1. The summed E-state index contributed by atoms with van der Waals surface area (Å²) in [6.45, 7) is 2.50. The van der Waals surface area contributed by atoms with Crippen molar-refractivity contribution in [3.8, 4) is 5.75 Å². The number of aliphatic hydroxyl groups is 1. The van der Waals surface area contributed by atoms with E-state index < -0.39 is 5.91 Å². The third-order valence-electron chi connectivity index (χ3n) is 3.55. The molecule has 138 valence electrons. The van der Waals surface area contributed by atoms with Crippen molar-refractivity contribution in [2.75, 3.05) is 31.7 Å². The zero-order valence-electron chi connectivity index (χ0n) is 14.5. The van der Waals surface area contributed by atoms with Crippen molar-refractivity contribution >= 4 is 23.1 Å². The molecule has 0 bridgehead atoms. The normalized spacial score (nSPS) is 10.4. The van der Waals surface area contributed by atoms with Crippen molar-refractivity contribution in [1.82, 2.24) is 0 Å². The Morgan fingerprint density at radius 1 is 1.08 bits per heavy atom. The first-order valence-corrected chi connectivity index (χ1v) is 8.14. The van der Waals surface area contributed by atoms with Crippen LogP contribution < -0.4 is 15.8 Å². The number of ketones is 1. The number of carbonyl (C=O) groups excluding carboxylic acids is 2. The summed E-state index contributed by atoms with van der Waals surface area (Å²) in [5.74, 6) is -0.0116. The van der Waals surface area contributed by atoms with Gasteiger partial charge in [0.25, 0.3) is 0 Å². The molecule has 0 atom stereocenters. The minimum Gasteiger partial charge on any atom is -0.491 e. The van der Waals surface area contributed by atoms with E-state index in [0.29, 0.717) is 35.8 Å². The van der Waals surface area contributed by atoms with Gasteiger partial charge in [-0.25, -0.2) is 0 Å². The summed E-state index contributed by atoms with van der Waals surface area (Å²) in [6.07, 6.45) is 0. The molecule has 7 nitrogen and oxygen atoms in total. The lowest BCUT2D eigenvalue weighted by atomic mass is 10.1. The Morgan fingerprint density at radius 3 is 2.42 bits per heavy atom. The van der Waals surface area contributed by atoms with E-state index in [1.54, 1.807) is 36.4 Å². The molecule has 0 aliphatic rings. The van der Waals surface area contributed by atoms with E-state index in [2.05, 4.69) is 5.32 Å². The van der Waals surface area contributed by atoms with Crippen molar-refractivity contribution in [3.63, 3.8) is 0 Å². The lowest BCUT2D eigenvalue weighted by molar-refractivity contribution is 0.0705. The number of primary amides is 1. The molecule has 2 aromatic rings. The highest BCUT2D eigenvalue weighted by Crippen LogP contribution is 2.24. The summed E-state index contributed by atoms with van der Waals surface area (Å²) in [4.78, 5) is 23.1. The Labute approximate surface area is 151 Å². The molecule has 0 saturated heterocycles. The first kappa shape index (κ1) is 19.4. The van der Waals surface area contributed by atoms with Crippen LogP contribution in [0.3, 0.4) is 0 Å². The smallest absolute Gasteiger partial charge is 0.248 e. The number of Topliss-reactive ketones (excluding diaryl/α,β-unsaturated/α-hetero) is 1. The van der Waals surface area contributed by atoms with Crippen molar-refractivity contribution in [1.29, 1.82) is 0 Å². The maximum atomic E-state index is 11.8. The Balaban J connectivity index is 2.05. The van der Waals surface area contributed by atoms with Crippen molar-refractivity contribution < 1.29 is 24.2 Å². The van der Waals surface area contributed by atoms with Gasteiger partial charge < -0.3 is 25.6 Å². The Kier molecular flexibility index (Phi) is 7.13. The van der Waals surface area contributed by atoms with E-state index >= 15 is 0 Å². The highest BCUT2D eigenvalue weighted by Gasteiger charge is 2.11. The van der Waals surface area contributed by atoms with Gasteiger partial charge in [-0.15, -0.1) is 0 Å². The topological polar surface area (TPSA) is 111 Å². The van der Waals surface area contributed by atoms with Gasteiger partial charge in [0.05, 0.1) is 25.5 Å². The summed E-state index contributed by atoms with van der Waals surface area (Å²) < 4.78 is 10.6. The predicted octanol–water partition coefficient (Wildman–Crippen LogP) is 2.12. The summed E-state index contributed by atoms with van der Waals surface area (Å²) >= 11 is 0. The first-order valence-electron chi connectivity index (χ1n) is 8.14. The molecule has 0 aliphatic heterocycles. The van der Waals surface area contributed by atoms with Gasteiger partial charge in [-0.05, 0) is 49.4 Å². The lowest BCUT2D eigenvalue weighted by Crippen LogP contribution is -2.12. The van der Waals surface area contributed by atoms with Gasteiger partial charge in [0.2, 0.25) is 5.91 Å². The molecule has 2 aromatic carbocycles. The van der Waals surface area contributed by atoms with E-state index in [9.17, 15) is 9.59 Å². The first-order chi connectivity index (χ1) is 12.5. The summed E-state index contributed by atoms with van der Waals surface area (Å²) in [5, 5.41) is 11.7. The summed E-state index contributed by atoms with van der Waals surface area (Å²) in [6, 6.07) is 11.8. The quantitative estimate of drug-likeness (QED) is 0.443. The van der Waals surface area contributed by atoms with Crippen LogP contribution >= 0.6 is 0 Å². The summed E-state index contributed by atoms with van der Waals surface area (Å²) in [7, 11) is 0. The van der Waals surface area contributed by atoms with E-state index in [-0.39, 0.29) is 19.0 Å². The molecule has 0 spiro atoms. The second-order valence-electron chi connectivity index (χ2n) is 5.51. The monoisotopic (exact) mass is 358 g/mol. The zero-order chi connectivity index (χ0) is 18.9. The number of carbonyl (C=O) groups is 2. The zero-order valence-corrected chi connectivity index (χ0v) is 14.5. The number of rotatable bonds is 10. The number of hydrogen-bond donors (Lipinski definition) is 3. The largest absolute Gasteiger partial charge is 0.491 e. The van der Waals surface area contributed by atoms with Gasteiger partial charge in [0, 0.05) is 16.8 Å². The Hall–Kier alpha value is -2.90. The minimum absolute atomic E-state index is 0.0143. The average Bonchev–Trinajstić information content (AvgIpc) is 2.62. The summed E-state index contributed by atoms with van der Waals surface area (Å²) in [5.41, 5.74) is 7.34. The van der Waals surface area contributed by atoms with Crippen LogP contribution in [0.15, 0.2) is 42.5 Å². The minimum atomic E-state index is -0.560. The van der Waals surface area contributed by atoms with Crippen LogP contribution in [0.2, 0.25) is 0 Å². The maximum Gasteiger partial charge on any atom is 0.248 e. The second kappa shape index (κ2) is 9.55. The van der Waals surface area contributed by atoms with Crippen molar-refractivity contribution in [3.05, 3.63) is 53.6 Å². The number of benzene rings is 2. The van der Waals surface area contributed by atoms with Gasteiger partial charge >= 0.3 is 0 Å². The fourth-order valence-electron chi connectivity index (χ4n) is 2.28. The molecular weight excluding hydrogens is 336 g/mol. The van der Waals surface area contributed by atoms with Gasteiger partial charge in [0.1, 0.15) is 12.4 Å². The lowest BCUT2D eigenvalue weighted by Gasteiger charge is -2.12. The fraction of sp³-hybridized carbons (Fsp3) is 0.263. The molecule has 0 aromatic heterocycles. The van der Waals surface area contributed by atoms with E-state index in [0.717, 1.165) is 5.69 Å². The van der Waals surface area contributed by atoms with Crippen LogP contribution in [0.5, 0.6) is 5.75 Å². The van der Waals surface area contributed by atoms with Crippen LogP contribution in [0.25, 0.3) is 0 Å². The average molecular weight is 358 g/mol. The molecule has 0 unspecified atom stereocenters. The molecule has 1 amide bonds. The van der Waals surface area contributed by atoms with Crippen LogP contribution in [0.1, 0.15) is 27.6 Å². The number of hydrogen-bond acceptors (Lipinski definition) is 6. The standard InChI is InChI=1S/C19H22N2O5/c1-13(23)17-7-2-14(19(20)24)12-18(17)21-15-3-5-16(6-4-15)26-11-10-25-9-8-22/h2-7,12,21-22H,8-11H2,1H3,(H2,20,24). The van der Waals surface area contributed by atoms with Gasteiger partial charge in [-0.3, -0.25) is 9.59 Å². The number of aliphatic hydroxyl groups excluding tert-OH is 1. The Bertz CT molecular complexity index is 759. The fourth-order valence-corrected chi connectivity index (χ4v) is 2.28. The van der Waals surface area contributed by atoms with Crippen LogP contribution in [0, 0.1) is 0 Å². The van der Waals surface area contributed by atoms with E-state index in [1.165, 1.54) is 13.0 Å². The van der Waals surface area contributed by atoms with Crippen LogP contribution in [-0.2, 0) is 4.74 Å². The number of ether oxygens (including phenoxy) is 2. The van der Waals surface area contributed by atoms with E-state index in [4.69, 9.17) is 20.3 Å². The third-order valence-corrected chi connectivity index (χ3v) is 3.55. The number of anilines is 2. The van der Waals surface area contributed by atoms with Gasteiger partial charge in [0.15, 0.2) is 5.78 Å². The predicted molar refractivity (Wildman–Crippen MR) is 98.1 cm³/mol. The van der Waals surface area contributed by atoms with E-state index in [1.807, 2.05) is 0 Å². The van der Waals surface area contributed by atoms with Gasteiger partial charge in [-0.1, -0.05) is 0 Å². The molecule has 0 saturated carbocycles. The van der Waals surface area contributed by atoms with Crippen molar-refractivity contribution in [2.45, 2.75) is 6.92 Å². The molecule has 0 radical (unpaired) electrons. The highest BCUT2D eigenvalue weighted by molar-refractivity contribution is 6.03. The highest BCUT2D eigenvalue weighted by atomic mass is 16.5. The van der Waals surface area contributed by atoms with Crippen molar-refractivity contribution in [2.24, 2.45) is 5.73 Å².